The van der Waals surface area contributed by atoms with Gasteiger partial charge in [0.15, 0.2) is 0 Å². The van der Waals surface area contributed by atoms with Crippen molar-refractivity contribution in [2.75, 3.05) is 0 Å². The molecule has 0 fully saturated rings. The number of hydrogen-bond acceptors (Lipinski definition) is 3. The van der Waals surface area contributed by atoms with Crippen molar-refractivity contribution in [2.24, 2.45) is 5.92 Å². The number of rotatable bonds is 3. The van der Waals surface area contributed by atoms with Crippen LogP contribution in [0.5, 0.6) is 0 Å². The summed E-state index contributed by atoms with van der Waals surface area (Å²) < 4.78 is 0. The molecule has 0 aromatic carbocycles. The van der Waals surface area contributed by atoms with Gasteiger partial charge in [0.2, 0.25) is 0 Å². The van der Waals surface area contributed by atoms with Crippen molar-refractivity contribution in [3.05, 3.63) is 0 Å². The van der Waals surface area contributed by atoms with Crippen molar-refractivity contribution >= 4 is 6.29 Å². The van der Waals surface area contributed by atoms with Crippen LogP contribution < -0.4 is 0 Å². The van der Waals surface area contributed by atoms with Gasteiger partial charge in [-0.15, -0.1) is 0 Å². The molecule has 0 unspecified atom stereocenters. The molecule has 0 heterocycles. The largest absolute Gasteiger partial charge is 0.390 e. The van der Waals surface area contributed by atoms with Crippen molar-refractivity contribution < 1.29 is 15.0 Å². The second kappa shape index (κ2) is 2.91. The molecule has 0 saturated heterocycles. The summed E-state index contributed by atoms with van der Waals surface area (Å²) in [7, 11) is 0. The van der Waals surface area contributed by atoms with Gasteiger partial charge in [0.25, 0.3) is 0 Å². The first-order valence-electron chi connectivity index (χ1n) is 3.59. The van der Waals surface area contributed by atoms with Gasteiger partial charge in [0.05, 0.1) is 17.1 Å². The Morgan fingerprint density at radius 2 is 1.36 bits per heavy atom. The summed E-state index contributed by atoms with van der Waals surface area (Å²) in [6.07, 6.45) is 0.583. The van der Waals surface area contributed by atoms with Gasteiger partial charge in [-0.25, -0.2) is 0 Å². The number of aliphatic hydroxyl groups is 2. The van der Waals surface area contributed by atoms with Gasteiger partial charge in [0.1, 0.15) is 6.29 Å². The third kappa shape index (κ3) is 2.99. The van der Waals surface area contributed by atoms with Crippen LogP contribution in [0.25, 0.3) is 0 Å². The Labute approximate surface area is 67.0 Å². The standard InChI is InChI=1S/C8H16O3/c1-7(2,10)6(5-9)8(3,4)11/h5-6,10-11H,1-4H3. The summed E-state index contributed by atoms with van der Waals surface area (Å²) in [5.41, 5.74) is -2.33. The van der Waals surface area contributed by atoms with Crippen LogP contribution in [0.3, 0.4) is 0 Å². The highest BCUT2D eigenvalue weighted by atomic mass is 16.3. The monoisotopic (exact) mass is 160 g/mol. The predicted molar refractivity (Wildman–Crippen MR) is 42.1 cm³/mol. The van der Waals surface area contributed by atoms with E-state index in [2.05, 4.69) is 0 Å². The molecule has 3 nitrogen and oxygen atoms in total. The average molecular weight is 160 g/mol. The quantitative estimate of drug-likeness (QED) is 0.585. The molecule has 2 N–H and O–H groups in total. The molecule has 0 atom stereocenters. The molecule has 0 aliphatic rings. The van der Waals surface area contributed by atoms with Crippen LogP contribution in [0, 0.1) is 5.92 Å². The SMILES string of the molecule is CC(C)(O)C(C=O)C(C)(C)O. The van der Waals surface area contributed by atoms with Gasteiger partial charge >= 0.3 is 0 Å². The van der Waals surface area contributed by atoms with E-state index in [1.807, 2.05) is 0 Å². The molecule has 66 valence electrons. The third-order valence-corrected chi connectivity index (χ3v) is 1.66. The van der Waals surface area contributed by atoms with Crippen molar-refractivity contribution in [3.63, 3.8) is 0 Å². The van der Waals surface area contributed by atoms with Gasteiger partial charge in [-0.3, -0.25) is 0 Å². The van der Waals surface area contributed by atoms with E-state index in [9.17, 15) is 15.0 Å². The molecule has 0 spiro atoms. The average Bonchev–Trinajstić information content (AvgIpc) is 1.56. The minimum Gasteiger partial charge on any atom is -0.390 e. The Hall–Kier alpha value is -0.410. The molecule has 0 amide bonds. The minimum atomic E-state index is -1.17. The molecule has 0 aliphatic carbocycles. The fourth-order valence-electron chi connectivity index (χ4n) is 1.20. The van der Waals surface area contributed by atoms with E-state index in [1.54, 1.807) is 0 Å². The first-order chi connectivity index (χ1) is 4.69. The highest BCUT2D eigenvalue weighted by Crippen LogP contribution is 2.25. The van der Waals surface area contributed by atoms with E-state index in [-0.39, 0.29) is 0 Å². The van der Waals surface area contributed by atoms with Crippen LogP contribution in [-0.4, -0.2) is 27.7 Å². The van der Waals surface area contributed by atoms with Crippen molar-refractivity contribution in [2.45, 2.75) is 38.9 Å². The minimum absolute atomic E-state index is 0.583. The molecule has 3 heteroatoms. The number of carbonyl (C=O) groups excluding carboxylic acids is 1. The maximum Gasteiger partial charge on any atom is 0.128 e. The molecule has 0 aromatic heterocycles. The Balaban J connectivity index is 4.56. The molecule has 0 saturated carbocycles. The predicted octanol–water partition coefficient (Wildman–Crippen LogP) is 0.343. The van der Waals surface area contributed by atoms with E-state index in [0.717, 1.165) is 0 Å². The molecule has 0 aromatic rings. The van der Waals surface area contributed by atoms with Gasteiger partial charge < -0.3 is 15.0 Å². The van der Waals surface area contributed by atoms with Gasteiger partial charge in [-0.1, -0.05) is 0 Å². The lowest BCUT2D eigenvalue weighted by Crippen LogP contribution is -2.46. The van der Waals surface area contributed by atoms with E-state index < -0.39 is 17.1 Å². The number of carbonyl (C=O) groups is 1. The van der Waals surface area contributed by atoms with Gasteiger partial charge in [-0.2, -0.15) is 0 Å². The highest BCUT2D eigenvalue weighted by Gasteiger charge is 2.37. The van der Waals surface area contributed by atoms with Gasteiger partial charge in [0, 0.05) is 0 Å². The lowest BCUT2D eigenvalue weighted by molar-refractivity contribution is -0.134. The first kappa shape index (κ1) is 10.6. The van der Waals surface area contributed by atoms with E-state index in [4.69, 9.17) is 0 Å². The molecule has 0 radical (unpaired) electrons. The maximum absolute atomic E-state index is 10.5. The lowest BCUT2D eigenvalue weighted by Gasteiger charge is -2.33. The molecule has 11 heavy (non-hydrogen) atoms. The molecular weight excluding hydrogens is 144 g/mol. The van der Waals surface area contributed by atoms with E-state index in [0.29, 0.717) is 6.29 Å². The normalized spacial score (nSPS) is 13.7. The van der Waals surface area contributed by atoms with Crippen LogP contribution in [-0.2, 0) is 4.79 Å². The number of aldehydes is 1. The zero-order chi connectivity index (χ0) is 9.28. The topological polar surface area (TPSA) is 57.5 Å². The zero-order valence-corrected chi connectivity index (χ0v) is 7.46. The van der Waals surface area contributed by atoms with Crippen LogP contribution >= 0.6 is 0 Å². The highest BCUT2D eigenvalue weighted by molar-refractivity contribution is 5.57. The Bertz CT molecular complexity index is 124. The number of hydrogen-bond donors (Lipinski definition) is 2. The van der Waals surface area contributed by atoms with Crippen LogP contribution in [0.2, 0.25) is 0 Å². The Kier molecular flexibility index (Phi) is 2.80. The van der Waals surface area contributed by atoms with Crippen LogP contribution in [0.1, 0.15) is 27.7 Å². The van der Waals surface area contributed by atoms with E-state index >= 15 is 0 Å². The molecule has 0 aliphatic heterocycles. The smallest absolute Gasteiger partial charge is 0.128 e. The second-order valence-corrected chi connectivity index (χ2v) is 3.92. The first-order valence-corrected chi connectivity index (χ1v) is 3.59. The summed E-state index contributed by atoms with van der Waals surface area (Å²) in [6, 6.07) is 0. The fourth-order valence-corrected chi connectivity index (χ4v) is 1.20. The zero-order valence-electron chi connectivity index (χ0n) is 7.46. The fraction of sp³-hybridized carbons (Fsp3) is 0.875. The van der Waals surface area contributed by atoms with Crippen molar-refractivity contribution in [1.29, 1.82) is 0 Å². The Morgan fingerprint density at radius 1 is 1.09 bits per heavy atom. The van der Waals surface area contributed by atoms with Crippen molar-refractivity contribution in [3.8, 4) is 0 Å². The summed E-state index contributed by atoms with van der Waals surface area (Å²) in [5, 5.41) is 18.8. The second-order valence-electron chi connectivity index (χ2n) is 3.92. The van der Waals surface area contributed by atoms with Crippen LogP contribution in [0.4, 0.5) is 0 Å². The summed E-state index contributed by atoms with van der Waals surface area (Å²) in [5.74, 6) is -0.755. The lowest BCUT2D eigenvalue weighted by atomic mass is 9.80. The molecule has 0 bridgehead atoms. The summed E-state index contributed by atoms with van der Waals surface area (Å²) >= 11 is 0. The van der Waals surface area contributed by atoms with Gasteiger partial charge in [-0.05, 0) is 27.7 Å². The summed E-state index contributed by atoms with van der Waals surface area (Å²) in [4.78, 5) is 10.5. The summed E-state index contributed by atoms with van der Waals surface area (Å²) in [6.45, 7) is 6.02. The Morgan fingerprint density at radius 3 is 1.36 bits per heavy atom. The van der Waals surface area contributed by atoms with E-state index in [1.165, 1.54) is 27.7 Å². The molecule has 0 rings (SSSR count). The maximum atomic E-state index is 10.5. The van der Waals surface area contributed by atoms with Crippen molar-refractivity contribution in [1.82, 2.24) is 0 Å². The van der Waals surface area contributed by atoms with Crippen LogP contribution in [0.15, 0.2) is 0 Å². The third-order valence-electron chi connectivity index (χ3n) is 1.66. The molecular formula is C8H16O3.